The molecule has 3 aromatic heterocycles. The van der Waals surface area contributed by atoms with Gasteiger partial charge in [0.25, 0.3) is 0 Å². The molecule has 2 N–H and O–H groups in total. The number of rotatable bonds is 7. The Kier molecular flexibility index (Phi) is 5.05. The molecule has 0 bridgehead atoms. The zero-order valence-electron chi connectivity index (χ0n) is 13.7. The number of hydrogen-bond acceptors (Lipinski definition) is 6. The van der Waals surface area contributed by atoms with Crippen molar-refractivity contribution in [2.75, 3.05) is 18.4 Å². The average Bonchev–Trinajstić information content (AvgIpc) is 3.22. The second-order valence-corrected chi connectivity index (χ2v) is 6.66. The minimum Gasteiger partial charge on any atom is -0.368 e. The van der Waals surface area contributed by atoms with E-state index in [1.807, 2.05) is 25.4 Å². The number of nitrogens with one attached hydrogen (secondary N) is 2. The van der Waals surface area contributed by atoms with Crippen molar-refractivity contribution in [3.63, 3.8) is 0 Å². The first-order valence-electron chi connectivity index (χ1n) is 7.82. The van der Waals surface area contributed by atoms with Crippen LogP contribution in [-0.4, -0.2) is 38.7 Å². The van der Waals surface area contributed by atoms with Crippen LogP contribution in [-0.2, 0) is 18.3 Å². The molecule has 0 aliphatic rings. The predicted molar refractivity (Wildman–Crippen MR) is 95.0 cm³/mol. The van der Waals surface area contributed by atoms with Gasteiger partial charge in [0.05, 0.1) is 11.6 Å². The molecule has 0 aromatic carbocycles. The molecule has 1 unspecified atom stereocenters. The summed E-state index contributed by atoms with van der Waals surface area (Å²) < 4.78 is 1.70. The number of amides is 1. The Balaban J connectivity index is 1.47. The average molecular weight is 344 g/mol. The summed E-state index contributed by atoms with van der Waals surface area (Å²) in [6.45, 7) is 3.09. The molecule has 8 heteroatoms. The Morgan fingerprint density at radius 1 is 1.38 bits per heavy atom. The third kappa shape index (κ3) is 3.70. The highest BCUT2D eigenvalue weighted by molar-refractivity contribution is 7.09. The molecular weight excluding hydrogens is 324 g/mol. The van der Waals surface area contributed by atoms with Crippen molar-refractivity contribution in [1.82, 2.24) is 25.1 Å². The molecule has 0 aliphatic carbocycles. The Morgan fingerprint density at radius 3 is 3.04 bits per heavy atom. The van der Waals surface area contributed by atoms with E-state index in [4.69, 9.17) is 0 Å². The predicted octanol–water partition coefficient (Wildman–Crippen LogP) is 1.83. The quantitative estimate of drug-likeness (QED) is 0.639. The fourth-order valence-corrected chi connectivity index (χ4v) is 3.30. The van der Waals surface area contributed by atoms with Crippen LogP contribution in [0.4, 0.5) is 5.82 Å². The van der Waals surface area contributed by atoms with E-state index >= 15 is 0 Å². The van der Waals surface area contributed by atoms with Gasteiger partial charge < -0.3 is 10.6 Å². The van der Waals surface area contributed by atoms with E-state index in [0.717, 1.165) is 23.3 Å². The zero-order valence-corrected chi connectivity index (χ0v) is 14.5. The topological polar surface area (TPSA) is 84.7 Å². The number of aryl methyl sites for hydroxylation is 1. The first-order chi connectivity index (χ1) is 11.6. The maximum Gasteiger partial charge on any atom is 0.223 e. The third-order valence-corrected chi connectivity index (χ3v) is 4.68. The summed E-state index contributed by atoms with van der Waals surface area (Å²) in [6, 6.07) is 4.07. The molecule has 1 amide bonds. The Labute approximate surface area is 144 Å². The van der Waals surface area contributed by atoms with Gasteiger partial charge in [0, 0.05) is 30.9 Å². The lowest BCUT2D eigenvalue weighted by atomic mass is 10.1. The van der Waals surface area contributed by atoms with Crippen molar-refractivity contribution in [3.8, 4) is 0 Å². The van der Waals surface area contributed by atoms with Gasteiger partial charge in [0.2, 0.25) is 5.91 Å². The molecule has 0 spiro atoms. The lowest BCUT2D eigenvalue weighted by Gasteiger charge is -2.12. The highest BCUT2D eigenvalue weighted by atomic mass is 32.1. The van der Waals surface area contributed by atoms with Crippen molar-refractivity contribution < 1.29 is 4.79 Å². The summed E-state index contributed by atoms with van der Waals surface area (Å²) in [4.78, 5) is 21.8. The number of thiophene rings is 1. The molecule has 0 radical (unpaired) electrons. The van der Waals surface area contributed by atoms with Crippen LogP contribution in [0.5, 0.6) is 0 Å². The van der Waals surface area contributed by atoms with Crippen LogP contribution in [0.25, 0.3) is 11.0 Å². The van der Waals surface area contributed by atoms with Gasteiger partial charge in [-0.2, -0.15) is 5.10 Å². The van der Waals surface area contributed by atoms with E-state index in [1.165, 1.54) is 11.2 Å². The third-order valence-electron chi connectivity index (χ3n) is 3.78. The summed E-state index contributed by atoms with van der Waals surface area (Å²) in [7, 11) is 1.84. The van der Waals surface area contributed by atoms with Gasteiger partial charge in [-0.3, -0.25) is 9.48 Å². The monoisotopic (exact) mass is 344 g/mol. The standard InChI is InChI=1S/C16H20N6OS/c1-11(8-12-4-3-7-24-12)16(23)18-6-5-17-14-13-9-21-22(2)15(13)20-10-19-14/h3-4,7,9-11H,5-6,8H2,1-2H3,(H,18,23)(H,17,19,20). The molecule has 3 rings (SSSR count). The first kappa shape index (κ1) is 16.4. The van der Waals surface area contributed by atoms with Gasteiger partial charge in [-0.05, 0) is 17.9 Å². The number of carbonyl (C=O) groups excluding carboxylic acids is 1. The highest BCUT2D eigenvalue weighted by Crippen LogP contribution is 2.17. The summed E-state index contributed by atoms with van der Waals surface area (Å²) in [5.74, 6) is 0.765. The van der Waals surface area contributed by atoms with Crippen LogP contribution >= 0.6 is 11.3 Å². The number of hydrogen-bond donors (Lipinski definition) is 2. The molecule has 0 aliphatic heterocycles. The molecule has 3 heterocycles. The molecule has 0 fully saturated rings. The van der Waals surface area contributed by atoms with E-state index < -0.39 is 0 Å². The fourth-order valence-electron chi connectivity index (χ4n) is 2.47. The van der Waals surface area contributed by atoms with Crippen molar-refractivity contribution in [2.24, 2.45) is 13.0 Å². The lowest BCUT2D eigenvalue weighted by Crippen LogP contribution is -2.33. The Bertz CT molecular complexity index is 813. The number of aromatic nitrogens is 4. The number of fused-ring (bicyclic) bond motifs is 1. The molecule has 3 aromatic rings. The van der Waals surface area contributed by atoms with E-state index in [2.05, 4.69) is 31.8 Å². The molecule has 0 saturated carbocycles. The number of anilines is 1. The number of carbonyl (C=O) groups is 1. The molecular formula is C16H20N6OS. The largest absolute Gasteiger partial charge is 0.368 e. The van der Waals surface area contributed by atoms with Crippen molar-refractivity contribution in [3.05, 3.63) is 34.9 Å². The fraction of sp³-hybridized carbons (Fsp3) is 0.375. The smallest absolute Gasteiger partial charge is 0.223 e. The van der Waals surface area contributed by atoms with Crippen molar-refractivity contribution in [1.29, 1.82) is 0 Å². The normalized spacial score (nSPS) is 12.2. The summed E-state index contributed by atoms with van der Waals surface area (Å²) in [5.41, 5.74) is 0.779. The van der Waals surface area contributed by atoms with Gasteiger partial charge in [-0.25, -0.2) is 9.97 Å². The van der Waals surface area contributed by atoms with Crippen molar-refractivity contribution >= 4 is 34.1 Å². The summed E-state index contributed by atoms with van der Waals surface area (Å²) >= 11 is 1.68. The lowest BCUT2D eigenvalue weighted by molar-refractivity contribution is -0.124. The number of nitrogens with zero attached hydrogens (tertiary/aromatic N) is 4. The van der Waals surface area contributed by atoms with Gasteiger partial charge in [-0.1, -0.05) is 13.0 Å². The molecule has 126 valence electrons. The molecule has 7 nitrogen and oxygen atoms in total. The highest BCUT2D eigenvalue weighted by Gasteiger charge is 2.13. The van der Waals surface area contributed by atoms with Gasteiger partial charge >= 0.3 is 0 Å². The van der Waals surface area contributed by atoms with E-state index in [1.54, 1.807) is 22.2 Å². The molecule has 1 atom stereocenters. The van der Waals surface area contributed by atoms with Gasteiger partial charge in [0.1, 0.15) is 12.1 Å². The maximum atomic E-state index is 12.1. The minimum absolute atomic E-state index is 0.0345. The van der Waals surface area contributed by atoms with Gasteiger partial charge in [0.15, 0.2) is 5.65 Å². The van der Waals surface area contributed by atoms with Crippen LogP contribution in [0.15, 0.2) is 30.0 Å². The van der Waals surface area contributed by atoms with E-state index in [-0.39, 0.29) is 11.8 Å². The Morgan fingerprint density at radius 2 is 2.25 bits per heavy atom. The van der Waals surface area contributed by atoms with Crippen LogP contribution in [0.1, 0.15) is 11.8 Å². The second-order valence-electron chi connectivity index (χ2n) is 5.63. The zero-order chi connectivity index (χ0) is 16.9. The summed E-state index contributed by atoms with van der Waals surface area (Å²) in [5, 5.41) is 13.3. The van der Waals surface area contributed by atoms with Crippen LogP contribution in [0.3, 0.4) is 0 Å². The minimum atomic E-state index is -0.0345. The first-order valence-corrected chi connectivity index (χ1v) is 8.70. The molecule has 24 heavy (non-hydrogen) atoms. The van der Waals surface area contributed by atoms with E-state index in [0.29, 0.717) is 13.1 Å². The SMILES string of the molecule is CC(Cc1cccs1)C(=O)NCCNc1ncnc2c1cnn2C. The van der Waals surface area contributed by atoms with Crippen molar-refractivity contribution in [2.45, 2.75) is 13.3 Å². The van der Waals surface area contributed by atoms with Gasteiger partial charge in [-0.15, -0.1) is 11.3 Å². The second kappa shape index (κ2) is 7.39. The Hall–Kier alpha value is -2.48. The van der Waals surface area contributed by atoms with Crippen LogP contribution in [0.2, 0.25) is 0 Å². The van der Waals surface area contributed by atoms with Crippen LogP contribution in [0, 0.1) is 5.92 Å². The molecule has 0 saturated heterocycles. The van der Waals surface area contributed by atoms with Crippen LogP contribution < -0.4 is 10.6 Å². The van der Waals surface area contributed by atoms with E-state index in [9.17, 15) is 4.79 Å². The maximum absolute atomic E-state index is 12.1. The summed E-state index contributed by atoms with van der Waals surface area (Å²) in [6.07, 6.45) is 4.02.